The Morgan fingerprint density at radius 2 is 0.472 bits per heavy atom. The van der Waals surface area contributed by atoms with Crippen molar-refractivity contribution < 1.29 is 52.4 Å². The van der Waals surface area contributed by atoms with Crippen LogP contribution in [0, 0.1) is 125 Å². The first-order chi connectivity index (χ1) is 15.8. The van der Waals surface area contributed by atoms with Crippen LogP contribution < -0.4 is 9.30 Å². The zero-order valence-corrected chi connectivity index (χ0v) is 32.2. The van der Waals surface area contributed by atoms with Gasteiger partial charge in [-0.05, 0) is 125 Å². The van der Waals surface area contributed by atoms with Crippen LogP contribution in [0.1, 0.15) is 0 Å². The fraction of sp³-hybridized carbons (Fsp3) is 0.286. The SMILES string of the molecule is C[Si](C)(N[Si](C)(C)[C]1[CH][CH][CH][CH]1)[C]1[CH][CH][CH][CH]1.C[Si](C)(N[Si](C)(C)[C]1[CH][CH][CH][CH]1)[C]1[CH][CH][CH][CH]1.[Zr+2].[Zr+2]. The quantitative estimate of drug-likeness (QED) is 0.316. The molecule has 0 aromatic carbocycles. The van der Waals surface area contributed by atoms with Crippen molar-refractivity contribution in [2.24, 2.45) is 0 Å². The van der Waals surface area contributed by atoms with Crippen LogP contribution in [0.5, 0.6) is 0 Å². The fourth-order valence-electron chi connectivity index (χ4n) is 5.01. The van der Waals surface area contributed by atoms with Gasteiger partial charge < -0.3 is 9.30 Å². The maximum Gasteiger partial charge on any atom is 2.00 e. The second kappa shape index (κ2) is 15.7. The van der Waals surface area contributed by atoms with Crippen molar-refractivity contribution >= 4 is 32.9 Å². The molecule has 4 saturated carbocycles. The average molecular weight is 701 g/mol. The Balaban J connectivity index is 0.000000341. The fourth-order valence-corrected chi connectivity index (χ4v) is 23.9. The molecule has 0 heterocycles. The van der Waals surface area contributed by atoms with E-state index >= 15 is 0 Å². The van der Waals surface area contributed by atoms with Crippen LogP contribution in [-0.4, -0.2) is 32.9 Å². The van der Waals surface area contributed by atoms with E-state index in [2.05, 4.69) is 164 Å². The first-order valence-corrected chi connectivity index (χ1v) is 24.3. The Morgan fingerprint density at radius 3 is 0.611 bits per heavy atom. The van der Waals surface area contributed by atoms with E-state index in [-0.39, 0.29) is 52.4 Å². The van der Waals surface area contributed by atoms with Crippen LogP contribution in [0.15, 0.2) is 0 Å². The van der Waals surface area contributed by atoms with Gasteiger partial charge in [-0.2, -0.15) is 0 Å². The molecule has 184 valence electrons. The molecule has 4 rings (SSSR count). The van der Waals surface area contributed by atoms with Crippen LogP contribution in [0.25, 0.3) is 0 Å². The third-order valence-electron chi connectivity index (χ3n) is 6.79. The summed E-state index contributed by atoms with van der Waals surface area (Å²) in [5.41, 5.74) is 6.02. The first-order valence-electron chi connectivity index (χ1n) is 12.3. The molecule has 36 heavy (non-hydrogen) atoms. The van der Waals surface area contributed by atoms with Gasteiger partial charge in [0, 0.05) is 0 Å². The van der Waals surface area contributed by atoms with Crippen LogP contribution in [0.2, 0.25) is 52.4 Å². The minimum atomic E-state index is -1.51. The third kappa shape index (κ3) is 10.4. The molecule has 0 amide bonds. The van der Waals surface area contributed by atoms with Gasteiger partial charge in [0.2, 0.25) is 0 Å². The van der Waals surface area contributed by atoms with Gasteiger partial charge >= 0.3 is 52.4 Å². The van der Waals surface area contributed by atoms with Crippen molar-refractivity contribution in [3.63, 3.8) is 0 Å². The van der Waals surface area contributed by atoms with Gasteiger partial charge in [-0.15, -0.1) is 0 Å². The number of rotatable bonds is 8. The predicted octanol–water partition coefficient (Wildman–Crippen LogP) is 5.75. The molecule has 0 aliphatic heterocycles. The van der Waals surface area contributed by atoms with Gasteiger partial charge in [0.05, 0.1) is 0 Å². The van der Waals surface area contributed by atoms with Crippen molar-refractivity contribution in [1.29, 1.82) is 0 Å². The summed E-state index contributed by atoms with van der Waals surface area (Å²) in [6.07, 6.45) is 35.2. The van der Waals surface area contributed by atoms with Crippen LogP contribution in [-0.2, 0) is 52.4 Å². The zero-order chi connectivity index (χ0) is 25.0. The van der Waals surface area contributed by atoms with E-state index in [9.17, 15) is 0 Å². The number of hydrogen-bond acceptors (Lipinski definition) is 2. The first kappa shape index (κ1) is 36.6. The van der Waals surface area contributed by atoms with E-state index in [1.807, 2.05) is 0 Å². The Kier molecular flexibility index (Phi) is 15.9. The maximum absolute atomic E-state index is 4.02. The van der Waals surface area contributed by atoms with E-state index in [1.54, 1.807) is 0 Å². The van der Waals surface area contributed by atoms with Gasteiger partial charge in [-0.25, -0.2) is 0 Å². The van der Waals surface area contributed by atoms with Gasteiger partial charge in [0.1, 0.15) is 32.9 Å². The molecule has 0 spiro atoms. The van der Waals surface area contributed by atoms with E-state index < -0.39 is 32.9 Å². The molecule has 0 atom stereocenters. The number of nitrogens with one attached hydrogen (secondary N) is 2. The van der Waals surface area contributed by atoms with Crippen molar-refractivity contribution in [1.82, 2.24) is 9.30 Å². The molecule has 8 heteroatoms. The largest absolute Gasteiger partial charge is 2.00 e. The standard InChI is InChI=1S/2C14H21NSi2.2Zr/c2*1-16(2,13-9-5-6-10-13)15-17(3,4)14-11-7-8-12-14;;/h2*5-12,15H,1-4H3;;/q;;2*+2. The summed E-state index contributed by atoms with van der Waals surface area (Å²) < 4.78 is 8.03. The summed E-state index contributed by atoms with van der Waals surface area (Å²) in [6, 6.07) is 0. The zero-order valence-electron chi connectivity index (χ0n) is 23.2. The minimum absolute atomic E-state index is 0. The van der Waals surface area contributed by atoms with Crippen LogP contribution in [0.4, 0.5) is 0 Å². The van der Waals surface area contributed by atoms with E-state index in [4.69, 9.17) is 0 Å². The molecule has 4 aliphatic carbocycles. The predicted molar refractivity (Wildman–Crippen MR) is 158 cm³/mol. The molecular formula is C28H42N2Si4Zr2+4. The summed E-state index contributed by atoms with van der Waals surface area (Å²) in [6.45, 7) is 19.2. The van der Waals surface area contributed by atoms with E-state index in [1.165, 1.54) is 22.2 Å². The summed E-state index contributed by atoms with van der Waals surface area (Å²) in [4.78, 5) is 0. The Hall–Kier alpha value is 2.55. The molecule has 4 fully saturated rings. The molecule has 0 aromatic heterocycles. The van der Waals surface area contributed by atoms with Gasteiger partial charge in [0.25, 0.3) is 0 Å². The second-order valence-corrected chi connectivity index (χ2v) is 28.8. The van der Waals surface area contributed by atoms with Gasteiger partial charge in [-0.3, -0.25) is 0 Å². The molecule has 0 aromatic rings. The Labute approximate surface area is 269 Å². The van der Waals surface area contributed by atoms with E-state index in [0.29, 0.717) is 0 Å². The van der Waals surface area contributed by atoms with Crippen molar-refractivity contribution in [3.8, 4) is 0 Å². The molecule has 2 nitrogen and oxygen atoms in total. The third-order valence-corrected chi connectivity index (χ3v) is 23.9. The van der Waals surface area contributed by atoms with Crippen LogP contribution in [0.3, 0.4) is 0 Å². The molecule has 2 N–H and O–H groups in total. The van der Waals surface area contributed by atoms with Crippen molar-refractivity contribution in [3.05, 3.63) is 125 Å². The Bertz CT molecular complexity index is 515. The normalized spacial score (nSPS) is 23.3. The van der Waals surface area contributed by atoms with Gasteiger partial charge in [0.15, 0.2) is 0 Å². The van der Waals surface area contributed by atoms with E-state index in [0.717, 1.165) is 0 Å². The maximum atomic E-state index is 4.02. The monoisotopic (exact) mass is 698 g/mol. The van der Waals surface area contributed by atoms with Gasteiger partial charge in [-0.1, -0.05) is 52.4 Å². The summed E-state index contributed by atoms with van der Waals surface area (Å²) in [5, 5.41) is 0. The molecule has 0 bridgehead atoms. The smallest absolute Gasteiger partial charge is 0.359 e. The minimum Gasteiger partial charge on any atom is -0.359 e. The summed E-state index contributed by atoms with van der Waals surface area (Å²) in [5.74, 6) is 0. The molecule has 0 saturated heterocycles. The molecule has 20 radical (unpaired) electrons. The topological polar surface area (TPSA) is 24.1 Å². The van der Waals surface area contributed by atoms with Crippen molar-refractivity contribution in [2.45, 2.75) is 52.4 Å². The average Bonchev–Trinajstić information content (AvgIpc) is 3.56. The van der Waals surface area contributed by atoms with Crippen LogP contribution >= 0.6 is 0 Å². The summed E-state index contributed by atoms with van der Waals surface area (Å²) in [7, 11) is -6.03. The number of hydrogen-bond donors (Lipinski definition) is 2. The Morgan fingerprint density at radius 1 is 0.333 bits per heavy atom. The van der Waals surface area contributed by atoms with Crippen molar-refractivity contribution in [2.75, 3.05) is 0 Å². The molecular weight excluding hydrogens is 659 g/mol. The molecule has 0 unspecified atom stereocenters. The summed E-state index contributed by atoms with van der Waals surface area (Å²) >= 11 is 0. The second-order valence-electron chi connectivity index (χ2n) is 11.4. The molecule has 4 aliphatic rings.